The minimum absolute atomic E-state index is 0.00851. The molecule has 0 aliphatic heterocycles. The smallest absolute Gasteiger partial charge is 0.233 e. The van der Waals surface area contributed by atoms with Crippen molar-refractivity contribution < 1.29 is 4.79 Å². The average Bonchev–Trinajstić information content (AvgIpc) is 2.42. The highest BCUT2D eigenvalue weighted by Crippen LogP contribution is 2.12. The number of amides is 1. The summed E-state index contributed by atoms with van der Waals surface area (Å²) in [6, 6.07) is 9.55. The summed E-state index contributed by atoms with van der Waals surface area (Å²) in [5, 5.41) is 14.8. The van der Waals surface area contributed by atoms with Crippen LogP contribution in [0.15, 0.2) is 24.3 Å². The van der Waals surface area contributed by atoms with Crippen molar-refractivity contribution in [2.45, 2.75) is 26.8 Å². The Morgan fingerprint density at radius 2 is 1.89 bits per heavy atom. The van der Waals surface area contributed by atoms with Crippen LogP contribution >= 0.6 is 0 Å². The van der Waals surface area contributed by atoms with E-state index in [-0.39, 0.29) is 11.9 Å². The van der Waals surface area contributed by atoms with Crippen LogP contribution < -0.4 is 10.6 Å². The van der Waals surface area contributed by atoms with Crippen LogP contribution in [0.1, 0.15) is 37.9 Å². The Morgan fingerprint density at radius 1 is 1.26 bits per heavy atom. The van der Waals surface area contributed by atoms with E-state index in [9.17, 15) is 4.79 Å². The second-order valence-electron chi connectivity index (χ2n) is 5.03. The van der Waals surface area contributed by atoms with Gasteiger partial charge < -0.3 is 10.6 Å². The first-order valence-corrected chi connectivity index (χ1v) is 6.53. The Morgan fingerprint density at radius 3 is 2.42 bits per heavy atom. The van der Waals surface area contributed by atoms with Gasteiger partial charge in [-0.3, -0.25) is 4.79 Å². The second kappa shape index (κ2) is 7.55. The first-order chi connectivity index (χ1) is 9.02. The predicted octanol–water partition coefficient (Wildman–Crippen LogP) is 1.98. The van der Waals surface area contributed by atoms with Crippen molar-refractivity contribution in [3.8, 4) is 6.07 Å². The van der Waals surface area contributed by atoms with E-state index < -0.39 is 0 Å². The summed E-state index contributed by atoms with van der Waals surface area (Å²) >= 11 is 0. The van der Waals surface area contributed by atoms with Crippen molar-refractivity contribution in [3.05, 3.63) is 35.4 Å². The zero-order chi connectivity index (χ0) is 14.3. The van der Waals surface area contributed by atoms with Gasteiger partial charge in [-0.25, -0.2) is 0 Å². The van der Waals surface area contributed by atoms with Gasteiger partial charge in [0.25, 0.3) is 0 Å². The van der Waals surface area contributed by atoms with Gasteiger partial charge in [0, 0.05) is 12.6 Å². The average molecular weight is 259 g/mol. The third-order valence-electron chi connectivity index (χ3n) is 2.82. The number of rotatable bonds is 6. The lowest BCUT2D eigenvalue weighted by atomic mass is 10.1. The summed E-state index contributed by atoms with van der Waals surface area (Å²) in [5.41, 5.74) is 1.71. The number of nitrogens with zero attached hydrogens (tertiary/aromatic N) is 1. The molecule has 1 aromatic rings. The zero-order valence-corrected chi connectivity index (χ0v) is 11.7. The summed E-state index contributed by atoms with van der Waals surface area (Å²) < 4.78 is 0. The van der Waals surface area contributed by atoms with E-state index in [1.807, 2.05) is 19.1 Å². The number of nitriles is 1. The van der Waals surface area contributed by atoms with Gasteiger partial charge in [0.1, 0.15) is 0 Å². The molecule has 102 valence electrons. The maximum atomic E-state index is 11.6. The van der Waals surface area contributed by atoms with Crippen LogP contribution in [-0.2, 0) is 4.79 Å². The van der Waals surface area contributed by atoms with E-state index in [1.54, 1.807) is 12.1 Å². The number of hydrogen-bond acceptors (Lipinski definition) is 3. The normalized spacial score (nSPS) is 11.9. The van der Waals surface area contributed by atoms with E-state index in [2.05, 4.69) is 30.6 Å². The number of carbonyl (C=O) groups is 1. The Bertz CT molecular complexity index is 445. The minimum atomic E-state index is 0.00851. The molecule has 0 saturated carbocycles. The Hall–Kier alpha value is -1.86. The van der Waals surface area contributed by atoms with E-state index in [4.69, 9.17) is 5.26 Å². The van der Waals surface area contributed by atoms with Crippen molar-refractivity contribution in [1.82, 2.24) is 10.6 Å². The highest BCUT2D eigenvalue weighted by atomic mass is 16.1. The third kappa shape index (κ3) is 5.54. The molecule has 4 heteroatoms. The molecule has 19 heavy (non-hydrogen) atoms. The van der Waals surface area contributed by atoms with Gasteiger partial charge in [-0.05, 0) is 30.5 Å². The molecule has 0 aliphatic carbocycles. The van der Waals surface area contributed by atoms with Crippen molar-refractivity contribution in [3.63, 3.8) is 0 Å². The lowest BCUT2D eigenvalue weighted by molar-refractivity contribution is -0.120. The Kier molecular flexibility index (Phi) is 6.04. The van der Waals surface area contributed by atoms with E-state index in [0.717, 1.165) is 5.56 Å². The van der Waals surface area contributed by atoms with Crippen LogP contribution in [0.5, 0.6) is 0 Å². The Balaban J connectivity index is 2.40. The van der Waals surface area contributed by atoms with Crippen molar-refractivity contribution >= 4 is 5.91 Å². The molecule has 0 fully saturated rings. The summed E-state index contributed by atoms with van der Waals surface area (Å²) in [6.07, 6.45) is 0. The highest BCUT2D eigenvalue weighted by Gasteiger charge is 2.07. The fraction of sp³-hybridized carbons (Fsp3) is 0.467. The summed E-state index contributed by atoms with van der Waals surface area (Å²) in [7, 11) is 0. The van der Waals surface area contributed by atoms with Gasteiger partial charge >= 0.3 is 0 Å². The van der Waals surface area contributed by atoms with Crippen LogP contribution in [0.25, 0.3) is 0 Å². The fourth-order valence-corrected chi connectivity index (χ4v) is 1.59. The standard InChI is InChI=1S/C15H21N3O/c1-11(2)9-18-15(19)10-17-12(3)14-6-4-13(8-16)5-7-14/h4-7,11-12,17H,9-10H2,1-3H3,(H,18,19). The van der Waals surface area contributed by atoms with Crippen LogP contribution in [-0.4, -0.2) is 19.0 Å². The number of benzene rings is 1. The predicted molar refractivity (Wildman–Crippen MR) is 75.4 cm³/mol. The SMILES string of the molecule is CC(C)CNC(=O)CNC(C)c1ccc(C#N)cc1. The molecule has 0 aliphatic rings. The lowest BCUT2D eigenvalue weighted by Gasteiger charge is -2.14. The molecule has 0 aromatic heterocycles. The molecule has 1 rings (SSSR count). The molecule has 0 saturated heterocycles. The van der Waals surface area contributed by atoms with Gasteiger partial charge in [-0.15, -0.1) is 0 Å². The Labute approximate surface area is 114 Å². The number of nitrogens with one attached hydrogen (secondary N) is 2. The molecule has 1 unspecified atom stereocenters. The summed E-state index contributed by atoms with van der Waals surface area (Å²) in [5.74, 6) is 0.467. The third-order valence-corrected chi connectivity index (χ3v) is 2.82. The fourth-order valence-electron chi connectivity index (χ4n) is 1.59. The monoisotopic (exact) mass is 259 g/mol. The van der Waals surface area contributed by atoms with Gasteiger partial charge in [0.2, 0.25) is 5.91 Å². The second-order valence-corrected chi connectivity index (χ2v) is 5.03. The maximum absolute atomic E-state index is 11.6. The molecule has 4 nitrogen and oxygen atoms in total. The molecule has 2 N–H and O–H groups in total. The highest BCUT2D eigenvalue weighted by molar-refractivity contribution is 5.78. The molecule has 0 radical (unpaired) electrons. The van der Waals surface area contributed by atoms with Gasteiger partial charge in [0.15, 0.2) is 0 Å². The molecule has 0 heterocycles. The van der Waals surface area contributed by atoms with Crippen LogP contribution in [0.3, 0.4) is 0 Å². The molecule has 1 amide bonds. The molecule has 1 aromatic carbocycles. The van der Waals surface area contributed by atoms with Gasteiger partial charge in [-0.2, -0.15) is 5.26 Å². The van der Waals surface area contributed by atoms with Crippen LogP contribution in [0.2, 0.25) is 0 Å². The maximum Gasteiger partial charge on any atom is 0.233 e. The van der Waals surface area contributed by atoms with E-state index >= 15 is 0 Å². The number of hydrogen-bond donors (Lipinski definition) is 2. The van der Waals surface area contributed by atoms with Crippen LogP contribution in [0, 0.1) is 17.2 Å². The van der Waals surface area contributed by atoms with Crippen molar-refractivity contribution in [1.29, 1.82) is 5.26 Å². The first-order valence-electron chi connectivity index (χ1n) is 6.53. The molecule has 1 atom stereocenters. The lowest BCUT2D eigenvalue weighted by Crippen LogP contribution is -2.36. The first kappa shape index (κ1) is 15.2. The topological polar surface area (TPSA) is 64.9 Å². The van der Waals surface area contributed by atoms with E-state index in [0.29, 0.717) is 24.6 Å². The minimum Gasteiger partial charge on any atom is -0.355 e. The van der Waals surface area contributed by atoms with Crippen LogP contribution in [0.4, 0.5) is 0 Å². The zero-order valence-electron chi connectivity index (χ0n) is 11.7. The summed E-state index contributed by atoms with van der Waals surface area (Å²) in [4.78, 5) is 11.6. The van der Waals surface area contributed by atoms with Crippen molar-refractivity contribution in [2.24, 2.45) is 5.92 Å². The molecular formula is C15H21N3O. The number of carbonyl (C=O) groups excluding carboxylic acids is 1. The van der Waals surface area contributed by atoms with Crippen molar-refractivity contribution in [2.75, 3.05) is 13.1 Å². The van der Waals surface area contributed by atoms with E-state index in [1.165, 1.54) is 0 Å². The van der Waals surface area contributed by atoms with Gasteiger partial charge in [-0.1, -0.05) is 26.0 Å². The molecule has 0 bridgehead atoms. The summed E-state index contributed by atoms with van der Waals surface area (Å²) in [6.45, 7) is 7.12. The largest absolute Gasteiger partial charge is 0.355 e. The molecule has 0 spiro atoms. The quantitative estimate of drug-likeness (QED) is 0.821. The van der Waals surface area contributed by atoms with Gasteiger partial charge in [0.05, 0.1) is 18.2 Å². The molecular weight excluding hydrogens is 238 g/mol.